The maximum atomic E-state index is 10.6. The average Bonchev–Trinajstić information content (AvgIpc) is 3.02. The lowest BCUT2D eigenvalue weighted by Gasteiger charge is -2.30. The van der Waals surface area contributed by atoms with Gasteiger partial charge in [0.15, 0.2) is 11.5 Å². The number of aliphatic hydroxyl groups excluding tert-OH is 1. The quantitative estimate of drug-likeness (QED) is 0.755. The summed E-state index contributed by atoms with van der Waals surface area (Å²) in [6.07, 6.45) is 1.17. The molecule has 2 atom stereocenters. The predicted molar refractivity (Wildman–Crippen MR) is 87.7 cm³/mol. The van der Waals surface area contributed by atoms with Crippen LogP contribution in [0.15, 0.2) is 48.7 Å². The van der Waals surface area contributed by atoms with E-state index in [0.717, 1.165) is 23.6 Å². The standard InChI is InChI=1S/C17H21N5O/c1-3-21(13(2)17(23)14-8-5-4-6-9-14)12-16-20-19-15-10-7-11-18-22(15)16/h4-11,13,17,23H,3,12H2,1-2H3. The summed E-state index contributed by atoms with van der Waals surface area (Å²) in [7, 11) is 0. The van der Waals surface area contributed by atoms with Crippen LogP contribution in [-0.2, 0) is 6.54 Å². The SMILES string of the molecule is CCN(Cc1nnc2cccnn12)C(C)C(O)c1ccccc1. The van der Waals surface area contributed by atoms with Gasteiger partial charge in [-0.05, 0) is 31.2 Å². The number of rotatable bonds is 6. The highest BCUT2D eigenvalue weighted by Gasteiger charge is 2.23. The number of benzene rings is 1. The molecule has 120 valence electrons. The van der Waals surface area contributed by atoms with Gasteiger partial charge in [0.05, 0.1) is 12.6 Å². The van der Waals surface area contributed by atoms with Gasteiger partial charge in [-0.15, -0.1) is 10.2 Å². The monoisotopic (exact) mass is 311 g/mol. The fourth-order valence-electron chi connectivity index (χ4n) is 2.74. The van der Waals surface area contributed by atoms with Gasteiger partial charge in [0, 0.05) is 12.2 Å². The minimum atomic E-state index is -0.553. The second-order valence-electron chi connectivity index (χ2n) is 5.57. The van der Waals surface area contributed by atoms with E-state index < -0.39 is 6.10 Å². The van der Waals surface area contributed by atoms with Crippen molar-refractivity contribution in [2.45, 2.75) is 32.5 Å². The van der Waals surface area contributed by atoms with Gasteiger partial charge < -0.3 is 5.11 Å². The lowest BCUT2D eigenvalue weighted by molar-refractivity contribution is 0.0546. The number of hydrogen-bond donors (Lipinski definition) is 1. The third-order valence-corrected chi connectivity index (χ3v) is 4.17. The molecule has 0 spiro atoms. The minimum Gasteiger partial charge on any atom is -0.387 e. The maximum Gasteiger partial charge on any atom is 0.177 e. The molecule has 2 heterocycles. The Morgan fingerprint density at radius 2 is 1.91 bits per heavy atom. The molecule has 0 radical (unpaired) electrons. The Bertz CT molecular complexity index is 758. The third kappa shape index (κ3) is 3.23. The summed E-state index contributed by atoms with van der Waals surface area (Å²) < 4.78 is 1.74. The van der Waals surface area contributed by atoms with E-state index in [-0.39, 0.29) is 6.04 Å². The summed E-state index contributed by atoms with van der Waals surface area (Å²) in [5, 5.41) is 23.3. The second-order valence-corrected chi connectivity index (χ2v) is 5.57. The largest absolute Gasteiger partial charge is 0.387 e. The highest BCUT2D eigenvalue weighted by molar-refractivity contribution is 5.34. The zero-order valence-corrected chi connectivity index (χ0v) is 13.4. The van der Waals surface area contributed by atoms with Crippen molar-refractivity contribution in [3.63, 3.8) is 0 Å². The molecular formula is C17H21N5O. The Balaban J connectivity index is 1.79. The summed E-state index contributed by atoms with van der Waals surface area (Å²) >= 11 is 0. The molecule has 0 aliphatic heterocycles. The van der Waals surface area contributed by atoms with Gasteiger partial charge in [0.1, 0.15) is 0 Å². The third-order valence-electron chi connectivity index (χ3n) is 4.17. The van der Waals surface area contributed by atoms with Gasteiger partial charge in [-0.1, -0.05) is 37.3 Å². The van der Waals surface area contributed by atoms with Gasteiger partial charge in [0.2, 0.25) is 0 Å². The summed E-state index contributed by atoms with van der Waals surface area (Å²) in [4.78, 5) is 2.17. The fourth-order valence-corrected chi connectivity index (χ4v) is 2.74. The molecule has 0 saturated heterocycles. The normalized spacial score (nSPS) is 14.3. The van der Waals surface area contributed by atoms with Crippen molar-refractivity contribution in [2.24, 2.45) is 0 Å². The second kappa shape index (κ2) is 6.85. The molecule has 3 rings (SSSR count). The molecule has 0 amide bonds. The van der Waals surface area contributed by atoms with Crippen LogP contribution in [0.4, 0.5) is 0 Å². The van der Waals surface area contributed by atoms with E-state index in [0.29, 0.717) is 6.54 Å². The first-order valence-electron chi connectivity index (χ1n) is 7.83. The molecule has 0 aliphatic carbocycles. The number of aromatic nitrogens is 4. The van der Waals surface area contributed by atoms with E-state index in [1.165, 1.54) is 0 Å². The van der Waals surface area contributed by atoms with Gasteiger partial charge >= 0.3 is 0 Å². The lowest BCUT2D eigenvalue weighted by Crippen LogP contribution is -2.37. The summed E-state index contributed by atoms with van der Waals surface area (Å²) in [6, 6.07) is 13.4. The lowest BCUT2D eigenvalue weighted by atomic mass is 10.0. The Hall–Kier alpha value is -2.31. The number of aliphatic hydroxyl groups is 1. The first kappa shape index (κ1) is 15.6. The zero-order valence-electron chi connectivity index (χ0n) is 13.4. The predicted octanol–water partition coefficient (Wildman–Crippen LogP) is 2.07. The van der Waals surface area contributed by atoms with E-state index in [2.05, 4.69) is 27.1 Å². The van der Waals surface area contributed by atoms with E-state index in [4.69, 9.17) is 0 Å². The Labute approximate surface area is 135 Å². The maximum absolute atomic E-state index is 10.6. The van der Waals surface area contributed by atoms with Gasteiger partial charge in [-0.2, -0.15) is 9.61 Å². The van der Waals surface area contributed by atoms with Crippen molar-refractivity contribution in [1.82, 2.24) is 24.7 Å². The first-order valence-corrected chi connectivity index (χ1v) is 7.83. The molecule has 6 nitrogen and oxygen atoms in total. The molecule has 0 aliphatic rings. The Morgan fingerprint density at radius 3 is 2.65 bits per heavy atom. The van der Waals surface area contributed by atoms with Crippen LogP contribution in [-0.4, -0.2) is 42.4 Å². The van der Waals surface area contributed by atoms with Crippen molar-refractivity contribution in [2.75, 3.05) is 6.54 Å². The molecule has 2 aromatic heterocycles. The van der Waals surface area contributed by atoms with Crippen molar-refractivity contribution in [3.8, 4) is 0 Å². The van der Waals surface area contributed by atoms with Crippen molar-refractivity contribution in [3.05, 3.63) is 60.0 Å². The smallest absolute Gasteiger partial charge is 0.177 e. The van der Waals surface area contributed by atoms with E-state index >= 15 is 0 Å². The van der Waals surface area contributed by atoms with Crippen LogP contribution in [0.1, 0.15) is 31.3 Å². The number of fused-ring (bicyclic) bond motifs is 1. The van der Waals surface area contributed by atoms with Gasteiger partial charge in [-0.3, -0.25) is 4.90 Å². The van der Waals surface area contributed by atoms with Crippen LogP contribution in [0.2, 0.25) is 0 Å². The van der Waals surface area contributed by atoms with Crippen molar-refractivity contribution < 1.29 is 5.11 Å². The molecule has 0 bridgehead atoms. The van der Waals surface area contributed by atoms with Crippen molar-refractivity contribution in [1.29, 1.82) is 0 Å². The molecule has 6 heteroatoms. The van der Waals surface area contributed by atoms with E-state index in [1.807, 2.05) is 49.4 Å². The average molecular weight is 311 g/mol. The molecule has 0 saturated carbocycles. The Kier molecular flexibility index (Phi) is 4.64. The number of hydrogen-bond acceptors (Lipinski definition) is 5. The summed E-state index contributed by atoms with van der Waals surface area (Å²) in [6.45, 7) is 5.48. The minimum absolute atomic E-state index is 0.0431. The number of likely N-dealkylation sites (N-methyl/N-ethyl adjacent to an activating group) is 1. The van der Waals surface area contributed by atoms with Crippen LogP contribution < -0.4 is 0 Å². The summed E-state index contributed by atoms with van der Waals surface area (Å²) in [5.41, 5.74) is 1.65. The Morgan fingerprint density at radius 1 is 1.13 bits per heavy atom. The van der Waals surface area contributed by atoms with Crippen molar-refractivity contribution >= 4 is 5.65 Å². The molecule has 1 N–H and O–H groups in total. The van der Waals surface area contributed by atoms with Crippen LogP contribution in [0.5, 0.6) is 0 Å². The topological polar surface area (TPSA) is 66.6 Å². The first-order chi connectivity index (χ1) is 11.2. The van der Waals surface area contributed by atoms with Gasteiger partial charge in [-0.25, -0.2) is 0 Å². The molecule has 1 aromatic carbocycles. The number of nitrogens with zero attached hydrogens (tertiary/aromatic N) is 5. The molecular weight excluding hydrogens is 290 g/mol. The molecule has 23 heavy (non-hydrogen) atoms. The van der Waals surface area contributed by atoms with Crippen LogP contribution in [0.25, 0.3) is 5.65 Å². The van der Waals surface area contributed by atoms with Gasteiger partial charge in [0.25, 0.3) is 0 Å². The molecule has 0 fully saturated rings. The van der Waals surface area contributed by atoms with Crippen LogP contribution >= 0.6 is 0 Å². The van der Waals surface area contributed by atoms with Crippen LogP contribution in [0, 0.1) is 0 Å². The van der Waals surface area contributed by atoms with E-state index in [1.54, 1.807) is 10.7 Å². The highest BCUT2D eigenvalue weighted by atomic mass is 16.3. The fraction of sp³-hybridized carbons (Fsp3) is 0.353. The molecule has 2 unspecified atom stereocenters. The summed E-state index contributed by atoms with van der Waals surface area (Å²) in [5.74, 6) is 0.773. The molecule has 3 aromatic rings. The zero-order chi connectivity index (χ0) is 16.2. The van der Waals surface area contributed by atoms with Crippen LogP contribution in [0.3, 0.4) is 0 Å². The van der Waals surface area contributed by atoms with E-state index in [9.17, 15) is 5.11 Å². The highest BCUT2D eigenvalue weighted by Crippen LogP contribution is 2.21.